The van der Waals surface area contributed by atoms with E-state index in [2.05, 4.69) is 20.7 Å². The topological polar surface area (TPSA) is 35.5 Å². The van der Waals surface area contributed by atoms with Gasteiger partial charge >= 0.3 is 6.61 Å². The minimum absolute atomic E-state index is 0.0470. The fourth-order valence-electron chi connectivity index (χ4n) is 1.64. The lowest BCUT2D eigenvalue weighted by Gasteiger charge is -2.08. The fraction of sp³-hybridized carbons (Fsp3) is 0.133. The molecular formula is C15H10BrF3O3. The molecule has 0 amide bonds. The Bertz CT molecular complexity index is 660. The summed E-state index contributed by atoms with van der Waals surface area (Å²) in [7, 11) is 0. The number of alkyl halides is 2. The van der Waals surface area contributed by atoms with Crippen LogP contribution in [0.15, 0.2) is 46.9 Å². The lowest BCUT2D eigenvalue weighted by Crippen LogP contribution is -2.12. The number of carbonyl (C=O) groups excluding carboxylic acids is 1. The first-order valence-electron chi connectivity index (χ1n) is 6.11. The van der Waals surface area contributed by atoms with Crippen molar-refractivity contribution in [2.45, 2.75) is 6.61 Å². The Morgan fingerprint density at radius 1 is 1.14 bits per heavy atom. The number of halogens is 4. The number of hydrogen-bond donors (Lipinski definition) is 0. The summed E-state index contributed by atoms with van der Waals surface area (Å²) in [6.07, 6.45) is 0. The molecule has 0 aromatic heterocycles. The Hall–Kier alpha value is -2.02. The molecule has 0 aliphatic rings. The number of Topliss-reactive ketones (excluding diaryl/α,β-unsaturated/α-hetero) is 1. The van der Waals surface area contributed by atoms with Crippen molar-refractivity contribution in [1.29, 1.82) is 0 Å². The molecule has 0 fully saturated rings. The largest absolute Gasteiger partial charge is 0.482 e. The highest BCUT2D eigenvalue weighted by Gasteiger charge is 2.11. The zero-order chi connectivity index (χ0) is 16.1. The van der Waals surface area contributed by atoms with Gasteiger partial charge in [0, 0.05) is 10.0 Å². The van der Waals surface area contributed by atoms with E-state index in [1.54, 1.807) is 6.07 Å². The van der Waals surface area contributed by atoms with Gasteiger partial charge < -0.3 is 9.47 Å². The smallest absolute Gasteiger partial charge is 0.387 e. The zero-order valence-corrected chi connectivity index (χ0v) is 12.6. The van der Waals surface area contributed by atoms with Gasteiger partial charge in [0.15, 0.2) is 24.0 Å². The summed E-state index contributed by atoms with van der Waals surface area (Å²) in [5.41, 5.74) is 0.249. The van der Waals surface area contributed by atoms with Gasteiger partial charge in [-0.2, -0.15) is 8.78 Å². The summed E-state index contributed by atoms with van der Waals surface area (Å²) < 4.78 is 47.4. The highest BCUT2D eigenvalue weighted by Crippen LogP contribution is 2.22. The first-order valence-corrected chi connectivity index (χ1v) is 6.91. The Morgan fingerprint density at radius 2 is 1.82 bits per heavy atom. The van der Waals surface area contributed by atoms with E-state index in [0.29, 0.717) is 4.47 Å². The van der Waals surface area contributed by atoms with Gasteiger partial charge in [0.25, 0.3) is 0 Å². The summed E-state index contributed by atoms with van der Waals surface area (Å²) in [6.45, 7) is -3.29. The molecule has 0 bridgehead atoms. The Morgan fingerprint density at radius 3 is 2.41 bits per heavy atom. The molecule has 0 N–H and O–H groups in total. The highest BCUT2D eigenvalue weighted by atomic mass is 79.9. The maximum Gasteiger partial charge on any atom is 0.387 e. The van der Waals surface area contributed by atoms with Crippen LogP contribution in [0.25, 0.3) is 0 Å². The maximum absolute atomic E-state index is 13.5. The monoisotopic (exact) mass is 374 g/mol. The summed E-state index contributed by atoms with van der Waals surface area (Å²) in [5.74, 6) is -1.10. The van der Waals surface area contributed by atoms with Crippen LogP contribution >= 0.6 is 15.9 Å². The van der Waals surface area contributed by atoms with Crippen molar-refractivity contribution in [2.24, 2.45) is 0 Å². The summed E-state index contributed by atoms with van der Waals surface area (Å²) in [6, 6.07) is 9.36. The van der Waals surface area contributed by atoms with E-state index >= 15 is 0 Å². The van der Waals surface area contributed by atoms with Gasteiger partial charge in [-0.05, 0) is 42.5 Å². The minimum atomic E-state index is -2.93. The summed E-state index contributed by atoms with van der Waals surface area (Å²) in [5, 5.41) is 0. The molecular weight excluding hydrogens is 365 g/mol. The lowest BCUT2D eigenvalue weighted by atomic mass is 10.1. The fourth-order valence-corrected chi connectivity index (χ4v) is 1.97. The Balaban J connectivity index is 1.97. The van der Waals surface area contributed by atoms with Crippen LogP contribution in [0, 0.1) is 5.82 Å². The molecule has 0 atom stereocenters. The third kappa shape index (κ3) is 4.49. The molecule has 22 heavy (non-hydrogen) atoms. The third-order valence-corrected chi connectivity index (χ3v) is 3.15. The minimum Gasteiger partial charge on any atom is -0.482 e. The SMILES string of the molecule is O=C(COc1ccc(Br)cc1F)c1ccc(OC(F)F)cc1. The Labute approximate surface area is 132 Å². The predicted molar refractivity (Wildman–Crippen MR) is 77.0 cm³/mol. The summed E-state index contributed by atoms with van der Waals surface area (Å²) in [4.78, 5) is 11.9. The van der Waals surface area contributed by atoms with Crippen molar-refractivity contribution >= 4 is 21.7 Å². The van der Waals surface area contributed by atoms with E-state index in [1.807, 2.05) is 0 Å². The number of carbonyl (C=O) groups is 1. The van der Waals surface area contributed by atoms with Crippen molar-refractivity contribution in [3.63, 3.8) is 0 Å². The predicted octanol–water partition coefficient (Wildman–Crippen LogP) is 4.45. The van der Waals surface area contributed by atoms with Crippen molar-refractivity contribution in [3.05, 3.63) is 58.3 Å². The van der Waals surface area contributed by atoms with Crippen molar-refractivity contribution in [2.75, 3.05) is 6.61 Å². The average molecular weight is 375 g/mol. The van der Waals surface area contributed by atoms with E-state index in [0.717, 1.165) is 0 Å². The van der Waals surface area contributed by atoms with Crippen LogP contribution in [0.3, 0.4) is 0 Å². The molecule has 0 radical (unpaired) electrons. The normalized spacial score (nSPS) is 10.6. The van der Waals surface area contributed by atoms with Crippen LogP contribution in [-0.2, 0) is 0 Å². The van der Waals surface area contributed by atoms with E-state index in [1.165, 1.54) is 36.4 Å². The van der Waals surface area contributed by atoms with Gasteiger partial charge in [0.05, 0.1) is 0 Å². The highest BCUT2D eigenvalue weighted by molar-refractivity contribution is 9.10. The molecule has 116 valence electrons. The standard InChI is InChI=1S/C15H10BrF3O3/c16-10-3-6-14(12(17)7-10)21-8-13(20)9-1-4-11(5-2-9)22-15(18)19/h1-7,15H,8H2. The van der Waals surface area contributed by atoms with Crippen LogP contribution in [0.2, 0.25) is 0 Å². The maximum atomic E-state index is 13.5. The van der Waals surface area contributed by atoms with Crippen molar-refractivity contribution in [1.82, 2.24) is 0 Å². The van der Waals surface area contributed by atoms with Gasteiger partial charge in [-0.25, -0.2) is 4.39 Å². The second-order valence-electron chi connectivity index (χ2n) is 4.19. The third-order valence-electron chi connectivity index (χ3n) is 2.65. The van der Waals surface area contributed by atoms with E-state index in [4.69, 9.17) is 4.74 Å². The zero-order valence-electron chi connectivity index (χ0n) is 11.1. The van der Waals surface area contributed by atoms with Gasteiger partial charge in [0.2, 0.25) is 0 Å². The summed E-state index contributed by atoms with van der Waals surface area (Å²) >= 11 is 3.11. The second kappa shape index (κ2) is 7.31. The first kappa shape index (κ1) is 16.4. The van der Waals surface area contributed by atoms with Crippen LogP contribution in [-0.4, -0.2) is 19.0 Å². The number of rotatable bonds is 6. The van der Waals surface area contributed by atoms with Gasteiger partial charge in [-0.15, -0.1) is 0 Å². The van der Waals surface area contributed by atoms with Gasteiger partial charge in [-0.1, -0.05) is 15.9 Å². The molecule has 7 heteroatoms. The lowest BCUT2D eigenvalue weighted by molar-refractivity contribution is -0.0498. The van der Waals surface area contributed by atoms with Crippen LogP contribution in [0.1, 0.15) is 10.4 Å². The molecule has 0 spiro atoms. The molecule has 0 aliphatic carbocycles. The molecule has 3 nitrogen and oxygen atoms in total. The van der Waals surface area contributed by atoms with Crippen LogP contribution < -0.4 is 9.47 Å². The van der Waals surface area contributed by atoms with Gasteiger partial charge in [0.1, 0.15) is 5.75 Å². The molecule has 0 unspecified atom stereocenters. The van der Waals surface area contributed by atoms with E-state index in [-0.39, 0.29) is 23.7 Å². The average Bonchev–Trinajstić information content (AvgIpc) is 2.46. The molecule has 0 heterocycles. The molecule has 0 saturated carbocycles. The number of benzene rings is 2. The van der Waals surface area contributed by atoms with E-state index in [9.17, 15) is 18.0 Å². The quantitative estimate of drug-likeness (QED) is 0.700. The number of ether oxygens (including phenoxy) is 2. The van der Waals surface area contributed by atoms with Gasteiger partial charge in [-0.3, -0.25) is 4.79 Å². The van der Waals surface area contributed by atoms with Crippen molar-refractivity contribution in [3.8, 4) is 11.5 Å². The Kier molecular flexibility index (Phi) is 5.43. The molecule has 2 aromatic rings. The molecule has 0 aliphatic heterocycles. The molecule has 0 saturated heterocycles. The van der Waals surface area contributed by atoms with Crippen LogP contribution in [0.4, 0.5) is 13.2 Å². The molecule has 2 aromatic carbocycles. The number of hydrogen-bond acceptors (Lipinski definition) is 3. The molecule has 2 rings (SSSR count). The van der Waals surface area contributed by atoms with Crippen LogP contribution in [0.5, 0.6) is 11.5 Å². The number of ketones is 1. The van der Waals surface area contributed by atoms with Crippen molar-refractivity contribution < 1.29 is 27.4 Å². The van der Waals surface area contributed by atoms with E-state index < -0.39 is 18.2 Å². The second-order valence-corrected chi connectivity index (χ2v) is 5.11. The first-order chi connectivity index (χ1) is 10.5.